The third kappa shape index (κ3) is 1.28. The van der Waals surface area contributed by atoms with Gasteiger partial charge in [0.15, 0.2) is 0 Å². The summed E-state index contributed by atoms with van der Waals surface area (Å²) in [5, 5.41) is 11.9. The van der Waals surface area contributed by atoms with Gasteiger partial charge in [-0.15, -0.1) is 0 Å². The summed E-state index contributed by atoms with van der Waals surface area (Å²) in [6, 6.07) is 7.42. The molecule has 2 rings (SSSR count). The van der Waals surface area contributed by atoms with Gasteiger partial charge < -0.3 is 10.4 Å². The van der Waals surface area contributed by atoms with Gasteiger partial charge in [0.25, 0.3) is 0 Å². The molecule has 2 N–H and O–H groups in total. The van der Waals surface area contributed by atoms with Crippen LogP contribution in [0, 0.1) is 0 Å². The molecule has 1 aliphatic heterocycles. The number of carboxylic acids is 1. The van der Waals surface area contributed by atoms with Gasteiger partial charge in [0.2, 0.25) is 0 Å². The summed E-state index contributed by atoms with van der Waals surface area (Å²) in [6.07, 6.45) is 3.31. The lowest BCUT2D eigenvalue weighted by molar-refractivity contribution is -0.137. The van der Waals surface area contributed by atoms with Crippen molar-refractivity contribution in [1.29, 1.82) is 0 Å². The molecule has 0 aromatic heterocycles. The van der Waals surface area contributed by atoms with Crippen LogP contribution in [0.2, 0.25) is 0 Å². The molecule has 1 atom stereocenters. The monoisotopic (exact) mass is 175 g/mol. The maximum atomic E-state index is 10.8. The quantitative estimate of drug-likeness (QED) is 0.684. The molecule has 1 heterocycles. The van der Waals surface area contributed by atoms with Crippen LogP contribution in [0.25, 0.3) is 0 Å². The second-order valence-electron chi connectivity index (χ2n) is 2.91. The third-order valence-corrected chi connectivity index (χ3v) is 2.09. The van der Waals surface area contributed by atoms with E-state index < -0.39 is 11.9 Å². The molecular weight excluding hydrogens is 166 g/mol. The highest BCUT2D eigenvalue weighted by Crippen LogP contribution is 2.29. The number of carboxylic acid groups (broad SMARTS) is 1. The molecule has 3 heteroatoms. The van der Waals surface area contributed by atoms with E-state index in [0.29, 0.717) is 0 Å². The fourth-order valence-corrected chi connectivity index (χ4v) is 1.45. The van der Waals surface area contributed by atoms with Gasteiger partial charge in [-0.2, -0.15) is 0 Å². The van der Waals surface area contributed by atoms with E-state index in [0.717, 1.165) is 11.3 Å². The Morgan fingerprint density at radius 3 is 2.92 bits per heavy atom. The fraction of sp³-hybridized carbons (Fsp3) is 0.100. The van der Waals surface area contributed by atoms with Gasteiger partial charge in [-0.25, -0.2) is 0 Å². The Balaban J connectivity index is 2.48. The molecule has 0 amide bonds. The van der Waals surface area contributed by atoms with Crippen molar-refractivity contribution < 1.29 is 9.90 Å². The first kappa shape index (κ1) is 7.86. The molecule has 1 unspecified atom stereocenters. The number of carbonyl (C=O) groups is 1. The van der Waals surface area contributed by atoms with Gasteiger partial charge in [0.05, 0.1) is 0 Å². The third-order valence-electron chi connectivity index (χ3n) is 2.09. The average Bonchev–Trinajstić information content (AvgIpc) is 2.17. The number of para-hydroxylation sites is 1. The van der Waals surface area contributed by atoms with Crippen LogP contribution in [0.4, 0.5) is 5.69 Å². The maximum absolute atomic E-state index is 10.8. The van der Waals surface area contributed by atoms with Crippen molar-refractivity contribution in [1.82, 2.24) is 0 Å². The van der Waals surface area contributed by atoms with Gasteiger partial charge in [0.1, 0.15) is 5.92 Å². The molecule has 0 bridgehead atoms. The summed E-state index contributed by atoms with van der Waals surface area (Å²) in [5.41, 5.74) is 1.69. The molecule has 66 valence electrons. The van der Waals surface area contributed by atoms with Crippen molar-refractivity contribution in [2.75, 3.05) is 5.32 Å². The van der Waals surface area contributed by atoms with E-state index in [2.05, 4.69) is 5.32 Å². The number of hydrogen-bond acceptors (Lipinski definition) is 2. The zero-order valence-electron chi connectivity index (χ0n) is 6.90. The summed E-state index contributed by atoms with van der Waals surface area (Å²) >= 11 is 0. The van der Waals surface area contributed by atoms with Gasteiger partial charge in [-0.3, -0.25) is 4.79 Å². The van der Waals surface area contributed by atoms with Gasteiger partial charge in [0, 0.05) is 5.69 Å². The molecule has 0 radical (unpaired) electrons. The largest absolute Gasteiger partial charge is 0.481 e. The smallest absolute Gasteiger partial charge is 0.315 e. The second-order valence-corrected chi connectivity index (χ2v) is 2.91. The predicted octanol–water partition coefficient (Wildman–Crippen LogP) is 1.79. The van der Waals surface area contributed by atoms with Crippen molar-refractivity contribution in [3.63, 3.8) is 0 Å². The molecule has 13 heavy (non-hydrogen) atoms. The van der Waals surface area contributed by atoms with E-state index in [1.54, 1.807) is 12.3 Å². The summed E-state index contributed by atoms with van der Waals surface area (Å²) < 4.78 is 0. The van der Waals surface area contributed by atoms with Crippen molar-refractivity contribution >= 4 is 11.7 Å². The Labute approximate surface area is 75.7 Å². The first-order valence-electron chi connectivity index (χ1n) is 4.04. The maximum Gasteiger partial charge on any atom is 0.315 e. The summed E-state index contributed by atoms with van der Waals surface area (Å²) in [6.45, 7) is 0. The topological polar surface area (TPSA) is 49.3 Å². The molecule has 0 saturated heterocycles. The van der Waals surface area contributed by atoms with E-state index in [4.69, 9.17) is 5.11 Å². The Morgan fingerprint density at radius 1 is 1.38 bits per heavy atom. The summed E-state index contributed by atoms with van der Waals surface area (Å²) in [5.74, 6) is -1.33. The lowest BCUT2D eigenvalue weighted by Gasteiger charge is -2.17. The SMILES string of the molecule is O=C(O)C1C=CNc2ccccc21. The number of nitrogens with one attached hydrogen (secondary N) is 1. The van der Waals surface area contributed by atoms with Gasteiger partial charge in [-0.05, 0) is 23.9 Å². The second kappa shape index (κ2) is 2.94. The minimum atomic E-state index is -0.815. The Morgan fingerprint density at radius 2 is 2.15 bits per heavy atom. The first-order valence-corrected chi connectivity index (χ1v) is 4.04. The summed E-state index contributed by atoms with van der Waals surface area (Å²) in [4.78, 5) is 10.8. The van der Waals surface area contributed by atoms with Crippen LogP contribution >= 0.6 is 0 Å². The zero-order valence-corrected chi connectivity index (χ0v) is 6.90. The highest BCUT2D eigenvalue weighted by Gasteiger charge is 2.21. The van der Waals surface area contributed by atoms with Crippen LogP contribution in [-0.2, 0) is 4.79 Å². The van der Waals surface area contributed by atoms with Crippen LogP contribution in [-0.4, -0.2) is 11.1 Å². The van der Waals surface area contributed by atoms with E-state index in [-0.39, 0.29) is 0 Å². The Hall–Kier alpha value is -1.77. The van der Waals surface area contributed by atoms with Crippen molar-refractivity contribution in [3.8, 4) is 0 Å². The fourth-order valence-electron chi connectivity index (χ4n) is 1.45. The van der Waals surface area contributed by atoms with E-state index >= 15 is 0 Å². The molecular formula is C10H9NO2. The molecule has 0 saturated carbocycles. The van der Waals surface area contributed by atoms with Gasteiger partial charge in [-0.1, -0.05) is 18.2 Å². The molecule has 0 fully saturated rings. The van der Waals surface area contributed by atoms with Gasteiger partial charge >= 0.3 is 5.97 Å². The molecule has 0 spiro atoms. The average molecular weight is 175 g/mol. The highest BCUT2D eigenvalue weighted by molar-refractivity contribution is 5.82. The number of benzene rings is 1. The molecule has 1 aliphatic rings. The molecule has 1 aromatic carbocycles. The van der Waals surface area contributed by atoms with Crippen LogP contribution in [0.15, 0.2) is 36.5 Å². The standard InChI is InChI=1S/C10H9NO2/c12-10(13)8-5-6-11-9-4-2-1-3-7(8)9/h1-6,8,11H,(H,12,13). The highest BCUT2D eigenvalue weighted by atomic mass is 16.4. The predicted molar refractivity (Wildman–Crippen MR) is 49.6 cm³/mol. The number of fused-ring (bicyclic) bond motifs is 1. The summed E-state index contributed by atoms with van der Waals surface area (Å²) in [7, 11) is 0. The zero-order chi connectivity index (χ0) is 9.26. The number of rotatable bonds is 1. The van der Waals surface area contributed by atoms with Crippen molar-refractivity contribution in [2.45, 2.75) is 5.92 Å². The van der Waals surface area contributed by atoms with Crippen molar-refractivity contribution in [2.24, 2.45) is 0 Å². The Bertz CT molecular complexity index is 371. The Kier molecular flexibility index (Phi) is 1.77. The minimum Gasteiger partial charge on any atom is -0.481 e. The number of aliphatic carboxylic acids is 1. The van der Waals surface area contributed by atoms with Crippen LogP contribution in [0.5, 0.6) is 0 Å². The van der Waals surface area contributed by atoms with Crippen LogP contribution in [0.1, 0.15) is 11.5 Å². The van der Waals surface area contributed by atoms with E-state index in [1.807, 2.05) is 24.3 Å². The minimum absolute atomic E-state index is 0.516. The van der Waals surface area contributed by atoms with E-state index in [1.165, 1.54) is 0 Å². The molecule has 1 aromatic rings. The van der Waals surface area contributed by atoms with Crippen LogP contribution in [0.3, 0.4) is 0 Å². The number of hydrogen-bond donors (Lipinski definition) is 2. The lowest BCUT2D eigenvalue weighted by atomic mass is 9.95. The van der Waals surface area contributed by atoms with E-state index in [9.17, 15) is 4.79 Å². The first-order chi connectivity index (χ1) is 6.29. The van der Waals surface area contributed by atoms with Crippen LogP contribution < -0.4 is 5.32 Å². The normalized spacial score (nSPS) is 18.9. The van der Waals surface area contributed by atoms with Crippen molar-refractivity contribution in [3.05, 3.63) is 42.1 Å². The number of anilines is 1. The molecule has 3 nitrogen and oxygen atoms in total. The molecule has 0 aliphatic carbocycles. The lowest BCUT2D eigenvalue weighted by Crippen LogP contribution is -2.14.